The van der Waals surface area contributed by atoms with Gasteiger partial charge in [-0.1, -0.05) is 48.5 Å². The highest BCUT2D eigenvalue weighted by atomic mass is 16.7. The molecule has 0 radical (unpaired) electrons. The standard InChI is InChI=1S/C24H31BO3/c1-18(19-12-14-22(26-6)15-13-19)16-21(20-10-8-7-9-11-20)17-25-27-23(2,3)24(4,5)28-25/h7-16,21H,17H2,1-6H3/b18-16+/t21-/m1/s1. The van der Waals surface area contributed by atoms with E-state index in [1.54, 1.807) is 7.11 Å². The maximum absolute atomic E-state index is 6.27. The van der Waals surface area contributed by atoms with Gasteiger partial charge in [0.05, 0.1) is 18.3 Å². The number of benzene rings is 2. The molecule has 0 spiro atoms. The molecule has 1 atom stereocenters. The first-order valence-electron chi connectivity index (χ1n) is 9.95. The van der Waals surface area contributed by atoms with E-state index in [-0.39, 0.29) is 24.2 Å². The van der Waals surface area contributed by atoms with E-state index in [4.69, 9.17) is 14.0 Å². The molecule has 1 saturated heterocycles. The van der Waals surface area contributed by atoms with Gasteiger partial charge in [0, 0.05) is 5.92 Å². The molecule has 0 amide bonds. The molecule has 0 aromatic heterocycles. The fourth-order valence-electron chi connectivity index (χ4n) is 3.52. The van der Waals surface area contributed by atoms with Gasteiger partial charge in [-0.3, -0.25) is 0 Å². The molecule has 3 rings (SSSR count). The molecular formula is C24H31BO3. The molecular weight excluding hydrogens is 347 g/mol. The molecule has 0 bridgehead atoms. The SMILES string of the molecule is COc1ccc(/C(C)=C/[C@H](CB2OC(C)(C)C(C)(C)O2)c2ccccc2)cc1. The largest absolute Gasteiger partial charge is 0.497 e. The molecule has 1 aliphatic rings. The van der Waals surface area contributed by atoms with E-state index in [0.717, 1.165) is 12.1 Å². The van der Waals surface area contributed by atoms with Crippen molar-refractivity contribution in [3.63, 3.8) is 0 Å². The third-order valence-electron chi connectivity index (χ3n) is 5.97. The molecule has 148 valence electrons. The first-order chi connectivity index (χ1) is 13.2. The second-order valence-corrected chi connectivity index (χ2v) is 8.52. The zero-order valence-corrected chi connectivity index (χ0v) is 17.9. The lowest BCUT2D eigenvalue weighted by Gasteiger charge is -2.32. The minimum Gasteiger partial charge on any atom is -0.497 e. The number of methoxy groups -OCH3 is 1. The van der Waals surface area contributed by atoms with Crippen LogP contribution in [0.1, 0.15) is 51.7 Å². The normalized spacial score (nSPS) is 19.5. The minimum atomic E-state index is -0.312. The van der Waals surface area contributed by atoms with Gasteiger partial charge >= 0.3 is 7.12 Å². The zero-order valence-electron chi connectivity index (χ0n) is 17.9. The van der Waals surface area contributed by atoms with Crippen LogP contribution in [0.4, 0.5) is 0 Å². The Bertz CT molecular complexity index is 794. The molecule has 1 heterocycles. The summed E-state index contributed by atoms with van der Waals surface area (Å²) in [4.78, 5) is 0. The fourth-order valence-corrected chi connectivity index (χ4v) is 3.52. The van der Waals surface area contributed by atoms with Gasteiger partial charge in [-0.25, -0.2) is 0 Å². The number of hydrogen-bond donors (Lipinski definition) is 0. The van der Waals surface area contributed by atoms with Crippen LogP contribution in [0, 0.1) is 0 Å². The topological polar surface area (TPSA) is 27.7 Å². The van der Waals surface area contributed by atoms with Gasteiger partial charge in [-0.15, -0.1) is 0 Å². The van der Waals surface area contributed by atoms with Crippen LogP contribution in [0.3, 0.4) is 0 Å². The summed E-state index contributed by atoms with van der Waals surface area (Å²) in [6, 6.07) is 18.8. The van der Waals surface area contributed by atoms with E-state index < -0.39 is 0 Å². The van der Waals surface area contributed by atoms with E-state index in [1.807, 2.05) is 12.1 Å². The number of allylic oxidation sites excluding steroid dienone is 2. The summed E-state index contributed by atoms with van der Waals surface area (Å²) < 4.78 is 17.8. The van der Waals surface area contributed by atoms with Crippen LogP contribution in [0.25, 0.3) is 5.57 Å². The van der Waals surface area contributed by atoms with E-state index in [0.29, 0.717) is 0 Å². The molecule has 1 fully saturated rings. The van der Waals surface area contributed by atoms with Crippen molar-refractivity contribution in [1.82, 2.24) is 0 Å². The molecule has 28 heavy (non-hydrogen) atoms. The summed E-state index contributed by atoms with van der Waals surface area (Å²) in [6.07, 6.45) is 3.10. The predicted octanol–water partition coefficient (Wildman–Crippen LogP) is 5.97. The molecule has 3 nitrogen and oxygen atoms in total. The Balaban J connectivity index is 1.85. The molecule has 0 N–H and O–H groups in total. The highest BCUT2D eigenvalue weighted by molar-refractivity contribution is 6.45. The van der Waals surface area contributed by atoms with Crippen LogP contribution in [0.2, 0.25) is 6.32 Å². The summed E-state index contributed by atoms with van der Waals surface area (Å²) in [5, 5.41) is 0. The highest BCUT2D eigenvalue weighted by Crippen LogP contribution is 2.40. The molecule has 0 unspecified atom stereocenters. The van der Waals surface area contributed by atoms with Gasteiger partial charge in [0.2, 0.25) is 0 Å². The Kier molecular flexibility index (Phi) is 6.02. The maximum Gasteiger partial charge on any atom is 0.458 e. The lowest BCUT2D eigenvalue weighted by molar-refractivity contribution is 0.00578. The van der Waals surface area contributed by atoms with Crippen molar-refractivity contribution >= 4 is 12.7 Å². The van der Waals surface area contributed by atoms with Crippen LogP contribution in [-0.2, 0) is 9.31 Å². The van der Waals surface area contributed by atoms with Gasteiger partial charge in [-0.05, 0) is 69.8 Å². The quantitative estimate of drug-likeness (QED) is 0.579. The average Bonchev–Trinajstić information content (AvgIpc) is 2.88. The predicted molar refractivity (Wildman–Crippen MR) is 117 cm³/mol. The number of rotatable bonds is 6. The Labute approximate surface area is 169 Å². The minimum absolute atomic E-state index is 0.206. The summed E-state index contributed by atoms with van der Waals surface area (Å²) in [6.45, 7) is 10.6. The Hall–Kier alpha value is -2.04. The summed E-state index contributed by atoms with van der Waals surface area (Å²) in [5.41, 5.74) is 3.06. The van der Waals surface area contributed by atoms with Crippen molar-refractivity contribution in [3.05, 3.63) is 71.8 Å². The maximum atomic E-state index is 6.27. The van der Waals surface area contributed by atoms with Crippen LogP contribution in [0.15, 0.2) is 60.7 Å². The van der Waals surface area contributed by atoms with Gasteiger partial charge in [0.1, 0.15) is 5.75 Å². The second-order valence-electron chi connectivity index (χ2n) is 8.52. The average molecular weight is 378 g/mol. The van der Waals surface area contributed by atoms with Crippen LogP contribution < -0.4 is 4.74 Å². The second kappa shape index (κ2) is 8.14. The van der Waals surface area contributed by atoms with Crippen molar-refractivity contribution in [2.45, 2.75) is 58.1 Å². The molecule has 4 heteroatoms. The van der Waals surface area contributed by atoms with E-state index in [2.05, 4.69) is 83.2 Å². The summed E-state index contributed by atoms with van der Waals surface area (Å²) in [5.74, 6) is 1.08. The van der Waals surface area contributed by atoms with Crippen molar-refractivity contribution in [3.8, 4) is 5.75 Å². The third kappa shape index (κ3) is 4.51. The van der Waals surface area contributed by atoms with Crippen molar-refractivity contribution in [2.75, 3.05) is 7.11 Å². The van der Waals surface area contributed by atoms with E-state index in [1.165, 1.54) is 16.7 Å². The van der Waals surface area contributed by atoms with Gasteiger partial charge < -0.3 is 14.0 Å². The molecule has 0 saturated carbocycles. The molecule has 2 aromatic rings. The first kappa shape index (κ1) is 20.7. The monoisotopic (exact) mass is 378 g/mol. The molecule has 1 aliphatic heterocycles. The summed E-state index contributed by atoms with van der Waals surface area (Å²) >= 11 is 0. The third-order valence-corrected chi connectivity index (χ3v) is 5.97. The summed E-state index contributed by atoms with van der Waals surface area (Å²) in [7, 11) is 1.46. The van der Waals surface area contributed by atoms with Crippen molar-refractivity contribution < 1.29 is 14.0 Å². The smallest absolute Gasteiger partial charge is 0.458 e. The Morgan fingerprint density at radius 1 is 0.964 bits per heavy atom. The van der Waals surface area contributed by atoms with Gasteiger partial charge in [0.15, 0.2) is 0 Å². The van der Waals surface area contributed by atoms with Crippen molar-refractivity contribution in [2.24, 2.45) is 0 Å². The van der Waals surface area contributed by atoms with E-state index in [9.17, 15) is 0 Å². The number of hydrogen-bond acceptors (Lipinski definition) is 3. The molecule has 2 aromatic carbocycles. The van der Waals surface area contributed by atoms with Crippen molar-refractivity contribution in [1.29, 1.82) is 0 Å². The lowest BCUT2D eigenvalue weighted by atomic mass is 9.74. The highest BCUT2D eigenvalue weighted by Gasteiger charge is 2.51. The molecule has 0 aliphatic carbocycles. The first-order valence-corrected chi connectivity index (χ1v) is 9.95. The lowest BCUT2D eigenvalue weighted by Crippen LogP contribution is -2.41. The van der Waals surface area contributed by atoms with E-state index >= 15 is 0 Å². The van der Waals surface area contributed by atoms with Crippen LogP contribution >= 0.6 is 0 Å². The Morgan fingerprint density at radius 2 is 1.54 bits per heavy atom. The van der Waals surface area contributed by atoms with Gasteiger partial charge in [0.25, 0.3) is 0 Å². The van der Waals surface area contributed by atoms with Crippen LogP contribution in [-0.4, -0.2) is 25.4 Å². The van der Waals surface area contributed by atoms with Crippen LogP contribution in [0.5, 0.6) is 5.75 Å². The Morgan fingerprint density at radius 3 is 2.07 bits per heavy atom. The zero-order chi connectivity index (χ0) is 20.4. The number of ether oxygens (including phenoxy) is 1. The van der Waals surface area contributed by atoms with Gasteiger partial charge in [-0.2, -0.15) is 0 Å². The fraction of sp³-hybridized carbons (Fsp3) is 0.417.